The van der Waals surface area contributed by atoms with Gasteiger partial charge >= 0.3 is 6.03 Å². The molecule has 3 aromatic rings. The molecule has 0 saturated carbocycles. The van der Waals surface area contributed by atoms with Crippen LogP contribution in [0.1, 0.15) is 6.42 Å². The topological polar surface area (TPSA) is 54.5 Å². The van der Waals surface area contributed by atoms with Gasteiger partial charge in [0.2, 0.25) is 5.88 Å². The van der Waals surface area contributed by atoms with Crippen molar-refractivity contribution >= 4 is 22.6 Å². The Bertz CT molecular complexity index is 882. The van der Waals surface area contributed by atoms with Crippen LogP contribution in [0.5, 0.6) is 5.88 Å². The van der Waals surface area contributed by atoms with Gasteiger partial charge < -0.3 is 15.0 Å². The SMILES string of the molecule is O=C(Nc1ccccc1)N1CCC(Oc2ccc3ccccc3n2)C1. The van der Waals surface area contributed by atoms with Crippen molar-refractivity contribution in [3.05, 3.63) is 66.7 Å². The van der Waals surface area contributed by atoms with Gasteiger partial charge in [0.25, 0.3) is 0 Å². The molecule has 126 valence electrons. The summed E-state index contributed by atoms with van der Waals surface area (Å²) in [5.74, 6) is 0.606. The average Bonchev–Trinajstić information content (AvgIpc) is 3.11. The predicted octanol–water partition coefficient (Wildman–Crippen LogP) is 3.92. The Kier molecular flexibility index (Phi) is 4.21. The molecule has 5 nitrogen and oxygen atoms in total. The summed E-state index contributed by atoms with van der Waals surface area (Å²) >= 11 is 0. The van der Waals surface area contributed by atoms with Crippen molar-refractivity contribution in [3.8, 4) is 5.88 Å². The van der Waals surface area contributed by atoms with E-state index < -0.39 is 0 Å². The molecule has 1 aliphatic heterocycles. The van der Waals surface area contributed by atoms with E-state index in [0.717, 1.165) is 23.0 Å². The van der Waals surface area contributed by atoms with Crippen molar-refractivity contribution in [2.75, 3.05) is 18.4 Å². The number of urea groups is 1. The number of carbonyl (C=O) groups is 1. The summed E-state index contributed by atoms with van der Waals surface area (Å²) < 4.78 is 5.98. The van der Waals surface area contributed by atoms with Crippen LogP contribution in [0.25, 0.3) is 10.9 Å². The molecule has 0 bridgehead atoms. The van der Waals surface area contributed by atoms with Crippen LogP contribution >= 0.6 is 0 Å². The molecule has 2 heterocycles. The van der Waals surface area contributed by atoms with Crippen molar-refractivity contribution in [2.24, 2.45) is 0 Å². The van der Waals surface area contributed by atoms with Gasteiger partial charge in [-0.3, -0.25) is 0 Å². The summed E-state index contributed by atoms with van der Waals surface area (Å²) in [7, 11) is 0. The number of likely N-dealkylation sites (tertiary alicyclic amines) is 1. The Hall–Kier alpha value is -3.08. The first kappa shape index (κ1) is 15.4. The molecule has 2 aromatic carbocycles. The highest BCUT2D eigenvalue weighted by Crippen LogP contribution is 2.21. The highest BCUT2D eigenvalue weighted by Gasteiger charge is 2.28. The number of hydrogen-bond acceptors (Lipinski definition) is 3. The monoisotopic (exact) mass is 333 g/mol. The maximum atomic E-state index is 12.3. The minimum atomic E-state index is -0.0937. The maximum absolute atomic E-state index is 12.3. The molecular weight excluding hydrogens is 314 g/mol. The molecule has 1 unspecified atom stereocenters. The smallest absolute Gasteiger partial charge is 0.321 e. The van der Waals surface area contributed by atoms with Crippen molar-refractivity contribution in [1.82, 2.24) is 9.88 Å². The van der Waals surface area contributed by atoms with Crippen LogP contribution in [-0.2, 0) is 0 Å². The Morgan fingerprint density at radius 1 is 1.04 bits per heavy atom. The van der Waals surface area contributed by atoms with Crippen molar-refractivity contribution in [2.45, 2.75) is 12.5 Å². The number of rotatable bonds is 3. The summed E-state index contributed by atoms with van der Waals surface area (Å²) in [6, 6.07) is 21.2. The number of amides is 2. The molecule has 4 rings (SSSR count). The number of nitrogens with one attached hydrogen (secondary N) is 1. The summed E-state index contributed by atoms with van der Waals surface area (Å²) in [4.78, 5) is 18.6. The van der Waals surface area contributed by atoms with Crippen LogP contribution in [0, 0.1) is 0 Å². The van der Waals surface area contributed by atoms with E-state index in [1.54, 1.807) is 4.90 Å². The molecular formula is C20H19N3O2. The van der Waals surface area contributed by atoms with Crippen LogP contribution in [0.4, 0.5) is 10.5 Å². The van der Waals surface area contributed by atoms with E-state index in [9.17, 15) is 4.79 Å². The van der Waals surface area contributed by atoms with Crippen molar-refractivity contribution < 1.29 is 9.53 Å². The lowest BCUT2D eigenvalue weighted by Gasteiger charge is -2.17. The van der Waals surface area contributed by atoms with Gasteiger partial charge in [-0.15, -0.1) is 0 Å². The molecule has 2 amide bonds. The molecule has 1 N–H and O–H groups in total. The van der Waals surface area contributed by atoms with Gasteiger partial charge in [-0.2, -0.15) is 0 Å². The van der Waals surface area contributed by atoms with Crippen LogP contribution in [0.2, 0.25) is 0 Å². The quantitative estimate of drug-likeness (QED) is 0.790. The van der Waals surface area contributed by atoms with Gasteiger partial charge in [0.05, 0.1) is 12.1 Å². The molecule has 1 atom stereocenters. The Morgan fingerprint density at radius 2 is 1.84 bits per heavy atom. The standard InChI is InChI=1S/C20H19N3O2/c24-20(21-16-7-2-1-3-8-16)23-13-12-17(14-23)25-19-11-10-15-6-4-5-9-18(15)22-19/h1-11,17H,12-14H2,(H,21,24). The van der Waals surface area contributed by atoms with Gasteiger partial charge in [0.15, 0.2) is 0 Å². The third-order valence-corrected chi connectivity index (χ3v) is 4.32. The average molecular weight is 333 g/mol. The number of anilines is 1. The predicted molar refractivity (Wildman–Crippen MR) is 97.8 cm³/mol. The van der Waals surface area contributed by atoms with E-state index >= 15 is 0 Å². The largest absolute Gasteiger partial charge is 0.472 e. The van der Waals surface area contributed by atoms with E-state index in [1.807, 2.05) is 66.7 Å². The first-order valence-corrected chi connectivity index (χ1v) is 8.41. The summed E-state index contributed by atoms with van der Waals surface area (Å²) in [6.07, 6.45) is 0.770. The fourth-order valence-electron chi connectivity index (χ4n) is 3.02. The van der Waals surface area contributed by atoms with Crippen molar-refractivity contribution in [1.29, 1.82) is 0 Å². The van der Waals surface area contributed by atoms with E-state index in [1.165, 1.54) is 0 Å². The highest BCUT2D eigenvalue weighted by molar-refractivity contribution is 5.89. The van der Waals surface area contributed by atoms with E-state index in [0.29, 0.717) is 19.0 Å². The number of aromatic nitrogens is 1. The first-order valence-electron chi connectivity index (χ1n) is 8.41. The van der Waals surface area contributed by atoms with Crippen LogP contribution in [0.3, 0.4) is 0 Å². The lowest BCUT2D eigenvalue weighted by molar-refractivity contribution is 0.190. The van der Waals surface area contributed by atoms with Crippen molar-refractivity contribution in [3.63, 3.8) is 0 Å². The second-order valence-corrected chi connectivity index (χ2v) is 6.11. The fraction of sp³-hybridized carbons (Fsp3) is 0.200. The number of ether oxygens (including phenoxy) is 1. The van der Waals surface area contributed by atoms with Gasteiger partial charge in [0, 0.05) is 30.1 Å². The second kappa shape index (κ2) is 6.81. The van der Waals surface area contributed by atoms with E-state index in [2.05, 4.69) is 10.3 Å². The summed E-state index contributed by atoms with van der Waals surface area (Å²) in [6.45, 7) is 1.24. The molecule has 0 spiro atoms. The zero-order valence-electron chi connectivity index (χ0n) is 13.8. The van der Waals surface area contributed by atoms with E-state index in [4.69, 9.17) is 4.74 Å². The summed E-state index contributed by atoms with van der Waals surface area (Å²) in [5, 5.41) is 4.00. The number of nitrogens with zero attached hydrogens (tertiary/aromatic N) is 2. The lowest BCUT2D eigenvalue weighted by Crippen LogP contribution is -2.34. The zero-order chi connectivity index (χ0) is 17.1. The fourth-order valence-corrected chi connectivity index (χ4v) is 3.02. The number of para-hydroxylation sites is 2. The third kappa shape index (κ3) is 3.55. The molecule has 0 radical (unpaired) electrons. The lowest BCUT2D eigenvalue weighted by atomic mass is 10.2. The molecule has 1 aromatic heterocycles. The van der Waals surface area contributed by atoms with Crippen LogP contribution < -0.4 is 10.1 Å². The van der Waals surface area contributed by atoms with Crippen LogP contribution in [-0.4, -0.2) is 35.1 Å². The highest BCUT2D eigenvalue weighted by atomic mass is 16.5. The summed E-state index contributed by atoms with van der Waals surface area (Å²) in [5.41, 5.74) is 1.71. The zero-order valence-corrected chi connectivity index (χ0v) is 13.8. The Morgan fingerprint density at radius 3 is 2.72 bits per heavy atom. The Labute approximate surface area is 146 Å². The number of fused-ring (bicyclic) bond motifs is 1. The molecule has 1 fully saturated rings. The van der Waals surface area contributed by atoms with Gasteiger partial charge in [0.1, 0.15) is 6.10 Å². The number of pyridine rings is 1. The number of hydrogen-bond donors (Lipinski definition) is 1. The molecule has 1 aliphatic rings. The van der Waals surface area contributed by atoms with Gasteiger partial charge in [-0.05, 0) is 24.3 Å². The molecule has 0 aliphatic carbocycles. The maximum Gasteiger partial charge on any atom is 0.321 e. The molecule has 25 heavy (non-hydrogen) atoms. The normalized spacial score (nSPS) is 16.8. The second-order valence-electron chi connectivity index (χ2n) is 6.11. The van der Waals surface area contributed by atoms with E-state index in [-0.39, 0.29) is 12.1 Å². The minimum absolute atomic E-state index is 0.0322. The first-order chi connectivity index (χ1) is 12.3. The molecule has 5 heteroatoms. The van der Waals surface area contributed by atoms with Gasteiger partial charge in [-0.1, -0.05) is 36.4 Å². The molecule has 1 saturated heterocycles. The Balaban J connectivity index is 1.37. The minimum Gasteiger partial charge on any atom is -0.472 e. The van der Waals surface area contributed by atoms with Gasteiger partial charge in [-0.25, -0.2) is 9.78 Å². The van der Waals surface area contributed by atoms with Crippen LogP contribution in [0.15, 0.2) is 66.7 Å². The third-order valence-electron chi connectivity index (χ3n) is 4.32. The number of carbonyl (C=O) groups excluding carboxylic acids is 1. The number of benzene rings is 2.